The van der Waals surface area contributed by atoms with Crippen LogP contribution in [0.5, 0.6) is 0 Å². The predicted octanol–water partition coefficient (Wildman–Crippen LogP) is 10.0. The van der Waals surface area contributed by atoms with Crippen LogP contribution in [0.15, 0.2) is 36.5 Å². The van der Waals surface area contributed by atoms with E-state index in [2.05, 4.69) is 55.6 Å². The predicted molar refractivity (Wildman–Crippen MR) is 190 cm³/mol. The summed E-state index contributed by atoms with van der Waals surface area (Å²) in [6.45, 7) is 4.11. The molecule has 0 aliphatic carbocycles. The van der Waals surface area contributed by atoms with Crippen molar-refractivity contribution < 1.29 is 20.1 Å². The second kappa shape index (κ2) is 34.4. The van der Waals surface area contributed by atoms with Crippen molar-refractivity contribution in [2.45, 2.75) is 199 Å². The molecule has 3 unspecified atom stereocenters. The fraction of sp³-hybridized carbons (Fsp3) is 0.821. The molecule has 0 aliphatic heterocycles. The Labute approximate surface area is 273 Å². The van der Waals surface area contributed by atoms with E-state index in [-0.39, 0.29) is 12.5 Å². The maximum absolute atomic E-state index is 12.3. The minimum Gasteiger partial charge on any atom is -0.394 e. The van der Waals surface area contributed by atoms with E-state index in [1.165, 1.54) is 109 Å². The summed E-state index contributed by atoms with van der Waals surface area (Å²) in [5, 5.41) is 33.3. The second-order valence-corrected chi connectivity index (χ2v) is 12.8. The molecule has 44 heavy (non-hydrogen) atoms. The molecule has 0 bridgehead atoms. The Morgan fingerprint density at radius 1 is 0.568 bits per heavy atom. The number of carbonyl (C=O) groups excluding carboxylic acids is 1. The van der Waals surface area contributed by atoms with Gasteiger partial charge in [-0.25, -0.2) is 0 Å². The van der Waals surface area contributed by atoms with E-state index in [4.69, 9.17) is 0 Å². The number of carbonyl (C=O) groups is 1. The highest BCUT2D eigenvalue weighted by Gasteiger charge is 2.26. The first-order chi connectivity index (χ1) is 21.6. The van der Waals surface area contributed by atoms with Crippen LogP contribution >= 0.6 is 0 Å². The Bertz CT molecular complexity index is 690. The van der Waals surface area contributed by atoms with Crippen LogP contribution in [0.2, 0.25) is 0 Å². The van der Waals surface area contributed by atoms with Gasteiger partial charge in [0.15, 0.2) is 0 Å². The fourth-order valence-corrected chi connectivity index (χ4v) is 5.50. The number of aliphatic hydroxyl groups excluding tert-OH is 3. The summed E-state index contributed by atoms with van der Waals surface area (Å²) in [5.41, 5.74) is 0. The molecule has 4 N–H and O–H groups in total. The lowest BCUT2D eigenvalue weighted by Crippen LogP contribution is -2.50. The van der Waals surface area contributed by atoms with Gasteiger partial charge in [-0.1, -0.05) is 147 Å². The van der Waals surface area contributed by atoms with Crippen molar-refractivity contribution in [2.75, 3.05) is 6.61 Å². The number of hydrogen-bond acceptors (Lipinski definition) is 4. The van der Waals surface area contributed by atoms with E-state index in [9.17, 15) is 20.1 Å². The average molecular weight is 620 g/mol. The maximum atomic E-state index is 12.3. The van der Waals surface area contributed by atoms with Crippen molar-refractivity contribution in [1.82, 2.24) is 5.32 Å². The van der Waals surface area contributed by atoms with Crippen LogP contribution in [0.4, 0.5) is 0 Å². The van der Waals surface area contributed by atoms with Crippen LogP contribution in [-0.4, -0.2) is 46.1 Å². The molecule has 5 heteroatoms. The van der Waals surface area contributed by atoms with Crippen molar-refractivity contribution in [3.05, 3.63) is 36.5 Å². The minimum atomic E-state index is -1.16. The zero-order valence-electron chi connectivity index (χ0n) is 29.0. The third-order valence-corrected chi connectivity index (χ3v) is 8.49. The first-order valence-electron chi connectivity index (χ1n) is 18.8. The van der Waals surface area contributed by atoms with Gasteiger partial charge in [0, 0.05) is 6.42 Å². The van der Waals surface area contributed by atoms with Gasteiger partial charge in [0.25, 0.3) is 0 Å². The quantitative estimate of drug-likeness (QED) is 0.0334. The Morgan fingerprint density at radius 3 is 1.50 bits per heavy atom. The van der Waals surface area contributed by atoms with Crippen molar-refractivity contribution >= 4 is 5.91 Å². The molecule has 0 aromatic carbocycles. The molecule has 0 rings (SSSR count). The van der Waals surface area contributed by atoms with Gasteiger partial charge in [-0.3, -0.25) is 4.79 Å². The molecule has 0 saturated heterocycles. The Balaban J connectivity index is 3.77. The SMILES string of the molecule is CCCCC/C=C\C=C/CCCCCCCCC(=O)NC(CO)C(O)C(O)CCC/C=C/CCCCCCCCCCCC. The molecule has 0 aliphatic rings. The van der Waals surface area contributed by atoms with Gasteiger partial charge < -0.3 is 20.6 Å². The number of unbranched alkanes of at least 4 members (excludes halogenated alkanes) is 20. The van der Waals surface area contributed by atoms with Crippen LogP contribution in [0.1, 0.15) is 181 Å². The summed E-state index contributed by atoms with van der Waals surface area (Å²) in [7, 11) is 0. The normalized spacial score (nSPS) is 14.2. The third kappa shape index (κ3) is 29.3. The molecule has 0 radical (unpaired) electrons. The van der Waals surface area contributed by atoms with Gasteiger partial charge in [-0.15, -0.1) is 0 Å². The van der Waals surface area contributed by atoms with E-state index in [0.29, 0.717) is 12.8 Å². The molecule has 0 heterocycles. The summed E-state index contributed by atoms with van der Waals surface area (Å²) in [4.78, 5) is 12.3. The van der Waals surface area contributed by atoms with Crippen molar-refractivity contribution in [1.29, 1.82) is 0 Å². The van der Waals surface area contributed by atoms with Crippen LogP contribution in [-0.2, 0) is 4.79 Å². The molecule has 3 atom stereocenters. The third-order valence-electron chi connectivity index (χ3n) is 8.49. The fourth-order valence-electron chi connectivity index (χ4n) is 5.50. The molecule has 0 fully saturated rings. The molecule has 5 nitrogen and oxygen atoms in total. The highest BCUT2D eigenvalue weighted by Crippen LogP contribution is 2.13. The second-order valence-electron chi connectivity index (χ2n) is 12.8. The van der Waals surface area contributed by atoms with Gasteiger partial charge in [0.2, 0.25) is 5.91 Å². The number of allylic oxidation sites excluding steroid dienone is 6. The van der Waals surface area contributed by atoms with Gasteiger partial charge in [-0.2, -0.15) is 0 Å². The monoisotopic (exact) mass is 620 g/mol. The zero-order valence-corrected chi connectivity index (χ0v) is 29.0. The summed E-state index contributed by atoms with van der Waals surface area (Å²) in [6.07, 6.45) is 40.9. The van der Waals surface area contributed by atoms with Gasteiger partial charge in [0.05, 0.1) is 18.8 Å². The van der Waals surface area contributed by atoms with Crippen molar-refractivity contribution in [3.8, 4) is 0 Å². The number of nitrogens with one attached hydrogen (secondary N) is 1. The van der Waals surface area contributed by atoms with Gasteiger partial charge >= 0.3 is 0 Å². The standard InChI is InChI=1S/C39H73NO4/c1-3-5-7-9-11-13-15-17-19-21-23-25-27-29-31-33-37(42)39(44)36(35-41)40-38(43)34-32-30-28-26-24-22-20-18-16-14-12-10-8-6-4-2/h12,14,16,18,25,27,36-37,39,41-42,44H,3-11,13,15,17,19-24,26,28-35H2,1-2H3,(H,40,43)/b14-12-,18-16-,27-25+. The largest absolute Gasteiger partial charge is 0.394 e. The minimum absolute atomic E-state index is 0.168. The smallest absolute Gasteiger partial charge is 0.220 e. The zero-order chi connectivity index (χ0) is 32.4. The van der Waals surface area contributed by atoms with E-state index in [1.807, 2.05) is 0 Å². The van der Waals surface area contributed by atoms with Crippen LogP contribution in [0.25, 0.3) is 0 Å². The molecular weight excluding hydrogens is 546 g/mol. The summed E-state index contributed by atoms with van der Waals surface area (Å²) in [5.74, 6) is -0.168. The molecule has 258 valence electrons. The number of amides is 1. The van der Waals surface area contributed by atoms with Gasteiger partial charge in [-0.05, 0) is 64.2 Å². The lowest BCUT2D eigenvalue weighted by molar-refractivity contribution is -0.124. The summed E-state index contributed by atoms with van der Waals surface area (Å²) in [6, 6.07) is -0.830. The molecule has 0 aromatic heterocycles. The highest BCUT2D eigenvalue weighted by molar-refractivity contribution is 5.76. The van der Waals surface area contributed by atoms with E-state index in [0.717, 1.165) is 44.9 Å². The Kier molecular flexibility index (Phi) is 33.3. The van der Waals surface area contributed by atoms with Crippen LogP contribution < -0.4 is 5.32 Å². The first-order valence-corrected chi connectivity index (χ1v) is 18.8. The average Bonchev–Trinajstić information content (AvgIpc) is 3.03. The Hall–Kier alpha value is -1.43. The number of rotatable bonds is 33. The summed E-state index contributed by atoms with van der Waals surface area (Å²) < 4.78 is 0. The molecule has 0 aromatic rings. The molecular formula is C39H73NO4. The molecule has 0 spiro atoms. The molecule has 0 saturated carbocycles. The lowest BCUT2D eigenvalue weighted by atomic mass is 10.0. The lowest BCUT2D eigenvalue weighted by Gasteiger charge is -2.26. The van der Waals surface area contributed by atoms with E-state index in [1.54, 1.807) is 0 Å². The highest BCUT2D eigenvalue weighted by atomic mass is 16.3. The van der Waals surface area contributed by atoms with Crippen molar-refractivity contribution in [3.63, 3.8) is 0 Å². The van der Waals surface area contributed by atoms with Crippen LogP contribution in [0.3, 0.4) is 0 Å². The van der Waals surface area contributed by atoms with E-state index >= 15 is 0 Å². The van der Waals surface area contributed by atoms with E-state index < -0.39 is 18.2 Å². The first kappa shape index (κ1) is 42.6. The Morgan fingerprint density at radius 2 is 0.977 bits per heavy atom. The number of aliphatic hydroxyl groups is 3. The summed E-state index contributed by atoms with van der Waals surface area (Å²) >= 11 is 0. The molecule has 1 amide bonds. The van der Waals surface area contributed by atoms with Gasteiger partial charge in [0.1, 0.15) is 6.10 Å². The number of hydrogen-bond donors (Lipinski definition) is 4. The van der Waals surface area contributed by atoms with Crippen LogP contribution in [0, 0.1) is 0 Å². The van der Waals surface area contributed by atoms with Crippen molar-refractivity contribution in [2.24, 2.45) is 0 Å². The maximum Gasteiger partial charge on any atom is 0.220 e. The topological polar surface area (TPSA) is 89.8 Å².